The SMILES string of the molecule is CC(=O)OC(c1nc2ccccc2c(=O)n1C1CC2(OC1=O)c1ccccc1N1C(=O)C(C)N(O)C12)C(C)C. The van der Waals surface area contributed by atoms with Gasteiger partial charge in [-0.15, -0.1) is 0 Å². The molecule has 202 valence electrons. The summed E-state index contributed by atoms with van der Waals surface area (Å²) in [6, 6.07) is 11.8. The van der Waals surface area contributed by atoms with E-state index in [0.717, 1.165) is 5.06 Å². The van der Waals surface area contributed by atoms with Crippen LogP contribution in [0.1, 0.15) is 57.6 Å². The Labute approximate surface area is 223 Å². The van der Waals surface area contributed by atoms with Crippen LogP contribution in [0.2, 0.25) is 0 Å². The number of benzene rings is 2. The second-order valence-electron chi connectivity index (χ2n) is 10.6. The van der Waals surface area contributed by atoms with Crippen molar-refractivity contribution < 1.29 is 29.1 Å². The third-order valence-corrected chi connectivity index (χ3v) is 7.87. The number of amides is 1. The molecule has 11 heteroatoms. The largest absolute Gasteiger partial charge is 0.454 e. The molecule has 3 aromatic rings. The van der Waals surface area contributed by atoms with Gasteiger partial charge < -0.3 is 14.7 Å². The molecule has 1 amide bonds. The fraction of sp³-hybridized carbons (Fsp3) is 0.393. The van der Waals surface area contributed by atoms with Crippen LogP contribution < -0.4 is 10.5 Å². The molecule has 0 saturated carbocycles. The first-order chi connectivity index (χ1) is 18.6. The molecular weight excluding hydrogens is 504 g/mol. The molecule has 2 aromatic carbocycles. The Kier molecular flexibility index (Phi) is 5.63. The first-order valence-electron chi connectivity index (χ1n) is 12.9. The summed E-state index contributed by atoms with van der Waals surface area (Å²) in [6.07, 6.45) is -1.98. The van der Waals surface area contributed by atoms with Gasteiger partial charge in [0.25, 0.3) is 5.56 Å². The molecule has 6 rings (SSSR count). The first kappa shape index (κ1) is 25.2. The molecule has 4 heterocycles. The normalized spacial score (nSPS) is 26.8. The molecule has 2 fully saturated rings. The second kappa shape index (κ2) is 8.72. The summed E-state index contributed by atoms with van der Waals surface area (Å²) >= 11 is 0. The highest BCUT2D eigenvalue weighted by molar-refractivity contribution is 6.02. The van der Waals surface area contributed by atoms with Crippen molar-refractivity contribution in [1.82, 2.24) is 14.6 Å². The number of hydroxylamine groups is 2. The highest BCUT2D eigenvalue weighted by Crippen LogP contribution is 2.57. The van der Waals surface area contributed by atoms with E-state index in [-0.39, 0.29) is 24.1 Å². The zero-order valence-corrected chi connectivity index (χ0v) is 21.9. The van der Waals surface area contributed by atoms with Crippen molar-refractivity contribution in [2.45, 2.75) is 64.1 Å². The van der Waals surface area contributed by atoms with Gasteiger partial charge in [-0.05, 0) is 31.0 Å². The molecule has 2 saturated heterocycles. The molecule has 1 aromatic heterocycles. The van der Waals surface area contributed by atoms with Crippen LogP contribution in [0.3, 0.4) is 0 Å². The van der Waals surface area contributed by atoms with Gasteiger partial charge in [-0.2, -0.15) is 5.06 Å². The molecular formula is C28H28N4O7. The molecule has 39 heavy (non-hydrogen) atoms. The fourth-order valence-electron chi connectivity index (χ4n) is 6.13. The summed E-state index contributed by atoms with van der Waals surface area (Å²) in [6.45, 7) is 6.51. The van der Waals surface area contributed by atoms with Crippen LogP contribution in [-0.2, 0) is 29.5 Å². The summed E-state index contributed by atoms with van der Waals surface area (Å²) in [7, 11) is 0. The molecule has 0 bridgehead atoms. The Balaban J connectivity index is 1.56. The van der Waals surface area contributed by atoms with Crippen molar-refractivity contribution in [3.05, 3.63) is 70.3 Å². The molecule has 0 radical (unpaired) electrons. The van der Waals surface area contributed by atoms with Gasteiger partial charge in [0.2, 0.25) is 5.91 Å². The summed E-state index contributed by atoms with van der Waals surface area (Å²) < 4.78 is 13.0. The van der Waals surface area contributed by atoms with E-state index < -0.39 is 47.5 Å². The van der Waals surface area contributed by atoms with Gasteiger partial charge >= 0.3 is 11.9 Å². The maximum absolute atomic E-state index is 14.0. The zero-order valence-electron chi connectivity index (χ0n) is 21.9. The lowest BCUT2D eigenvalue weighted by molar-refractivity contribution is -0.190. The summed E-state index contributed by atoms with van der Waals surface area (Å²) in [5, 5.41) is 12.2. The van der Waals surface area contributed by atoms with Crippen LogP contribution in [-0.4, -0.2) is 49.9 Å². The Morgan fingerprint density at radius 2 is 1.82 bits per heavy atom. The quantitative estimate of drug-likeness (QED) is 0.504. The molecule has 11 nitrogen and oxygen atoms in total. The van der Waals surface area contributed by atoms with E-state index in [9.17, 15) is 24.4 Å². The lowest BCUT2D eigenvalue weighted by Crippen LogP contribution is -2.50. The Morgan fingerprint density at radius 1 is 1.13 bits per heavy atom. The van der Waals surface area contributed by atoms with E-state index in [0.29, 0.717) is 22.2 Å². The van der Waals surface area contributed by atoms with Crippen LogP contribution in [0.5, 0.6) is 0 Å². The molecule has 3 aliphatic heterocycles. The van der Waals surface area contributed by atoms with Crippen molar-refractivity contribution in [3.8, 4) is 0 Å². The fourth-order valence-corrected chi connectivity index (χ4v) is 6.13. The molecule has 1 spiro atoms. The second-order valence-corrected chi connectivity index (χ2v) is 10.6. The van der Waals surface area contributed by atoms with Crippen LogP contribution in [0, 0.1) is 5.92 Å². The van der Waals surface area contributed by atoms with E-state index in [4.69, 9.17) is 14.5 Å². The minimum absolute atomic E-state index is 0.0567. The lowest BCUT2D eigenvalue weighted by atomic mass is 9.88. The maximum Gasteiger partial charge on any atom is 0.330 e. The topological polar surface area (TPSA) is 131 Å². The average molecular weight is 533 g/mol. The van der Waals surface area contributed by atoms with E-state index in [2.05, 4.69) is 0 Å². The van der Waals surface area contributed by atoms with Crippen molar-refractivity contribution in [2.75, 3.05) is 4.90 Å². The number of hydrogen-bond donors (Lipinski definition) is 1. The third-order valence-electron chi connectivity index (χ3n) is 7.87. The molecule has 0 aliphatic carbocycles. The minimum atomic E-state index is -1.44. The van der Waals surface area contributed by atoms with Crippen molar-refractivity contribution >= 4 is 34.4 Å². The predicted molar refractivity (Wildman–Crippen MR) is 138 cm³/mol. The minimum Gasteiger partial charge on any atom is -0.454 e. The van der Waals surface area contributed by atoms with Crippen molar-refractivity contribution in [1.29, 1.82) is 0 Å². The number of esters is 2. The van der Waals surface area contributed by atoms with Crippen LogP contribution in [0.25, 0.3) is 10.9 Å². The number of hydrogen-bond acceptors (Lipinski definition) is 9. The van der Waals surface area contributed by atoms with E-state index in [1.54, 1.807) is 55.5 Å². The smallest absolute Gasteiger partial charge is 0.330 e. The highest BCUT2D eigenvalue weighted by atomic mass is 16.6. The average Bonchev–Trinajstić information content (AvgIpc) is 3.47. The molecule has 5 unspecified atom stereocenters. The van der Waals surface area contributed by atoms with E-state index in [1.807, 2.05) is 13.8 Å². The molecule has 5 atom stereocenters. The van der Waals surface area contributed by atoms with Crippen molar-refractivity contribution in [3.63, 3.8) is 0 Å². The third kappa shape index (κ3) is 3.46. The van der Waals surface area contributed by atoms with Gasteiger partial charge in [0.05, 0.1) is 16.6 Å². The maximum atomic E-state index is 14.0. The van der Waals surface area contributed by atoms with Gasteiger partial charge in [0.1, 0.15) is 12.1 Å². The highest BCUT2D eigenvalue weighted by Gasteiger charge is 2.67. The molecule has 3 aliphatic rings. The van der Waals surface area contributed by atoms with E-state index in [1.165, 1.54) is 16.4 Å². The van der Waals surface area contributed by atoms with E-state index >= 15 is 0 Å². The summed E-state index contributed by atoms with van der Waals surface area (Å²) in [5.74, 6) is -1.74. The Bertz CT molecular complexity index is 1600. The number of aromatic nitrogens is 2. The first-order valence-corrected chi connectivity index (χ1v) is 12.9. The Hall–Kier alpha value is -4.09. The Morgan fingerprint density at radius 3 is 2.54 bits per heavy atom. The predicted octanol–water partition coefficient (Wildman–Crippen LogP) is 2.81. The molecule has 1 N–H and O–H groups in total. The number of fused-ring (bicyclic) bond motifs is 6. The standard InChI is InChI=1S/C28H28N4O7/c1-14(2)22(38-16(4)33)23-29-19-11-7-5-9-17(19)25(35)30(23)21-13-28(39-26(21)36)18-10-6-8-12-20(18)31-24(34)15(3)32(37)27(28)31/h5-12,14-15,21-22,27,37H,13H2,1-4H3. The van der Waals surface area contributed by atoms with Crippen molar-refractivity contribution in [2.24, 2.45) is 5.92 Å². The number of ether oxygens (including phenoxy) is 2. The number of carbonyl (C=O) groups excluding carboxylic acids is 3. The monoisotopic (exact) mass is 532 g/mol. The van der Waals surface area contributed by atoms with Gasteiger partial charge in [-0.1, -0.05) is 44.2 Å². The van der Waals surface area contributed by atoms with Gasteiger partial charge in [0.15, 0.2) is 23.7 Å². The summed E-state index contributed by atoms with van der Waals surface area (Å²) in [5.41, 5.74) is -0.415. The number of carbonyl (C=O) groups is 3. The van der Waals surface area contributed by atoms with Crippen LogP contribution in [0.15, 0.2) is 53.3 Å². The van der Waals surface area contributed by atoms with Gasteiger partial charge in [0, 0.05) is 18.9 Å². The lowest BCUT2D eigenvalue weighted by Gasteiger charge is -2.33. The number of rotatable bonds is 4. The number of para-hydroxylation sites is 2. The zero-order chi connectivity index (χ0) is 27.8. The number of nitrogens with zero attached hydrogens (tertiary/aromatic N) is 4. The summed E-state index contributed by atoms with van der Waals surface area (Å²) in [4.78, 5) is 59.1. The van der Waals surface area contributed by atoms with Gasteiger partial charge in [-0.3, -0.25) is 23.9 Å². The van der Waals surface area contributed by atoms with Crippen LogP contribution >= 0.6 is 0 Å². The number of anilines is 1. The van der Waals surface area contributed by atoms with Gasteiger partial charge in [-0.25, -0.2) is 9.78 Å². The van der Waals surface area contributed by atoms with Crippen LogP contribution in [0.4, 0.5) is 5.69 Å².